The molecule has 3 nitrogen and oxygen atoms in total. The van der Waals surface area contributed by atoms with E-state index >= 15 is 0 Å². The highest BCUT2D eigenvalue weighted by Gasteiger charge is 2.28. The fraction of sp³-hybridized carbons (Fsp3) is 0.455. The normalized spacial score (nSPS) is 15.3. The number of nitrogens with zero attached hydrogens (tertiary/aromatic N) is 2. The van der Waals surface area contributed by atoms with Gasteiger partial charge in [0.05, 0.1) is 0 Å². The molecule has 0 aliphatic heterocycles. The van der Waals surface area contributed by atoms with E-state index in [4.69, 9.17) is 11.6 Å². The summed E-state index contributed by atoms with van der Waals surface area (Å²) in [6.45, 7) is 6.25. The Morgan fingerprint density at radius 1 is 1.73 bits per heavy atom. The lowest BCUT2D eigenvalue weighted by atomic mass is 10.3. The first kappa shape index (κ1) is 10.4. The Bertz CT molecular complexity index is 460. The first-order valence-electron chi connectivity index (χ1n) is 4.99. The molecular weight excluding hydrogens is 212 g/mol. The maximum Gasteiger partial charge on any atom is 0.255 e. The lowest BCUT2D eigenvalue weighted by Gasteiger charge is -2.10. The molecule has 80 valence electrons. The van der Waals surface area contributed by atoms with E-state index < -0.39 is 0 Å². The van der Waals surface area contributed by atoms with Crippen LogP contribution in [0.5, 0.6) is 0 Å². The van der Waals surface area contributed by atoms with Gasteiger partial charge in [0, 0.05) is 18.5 Å². The highest BCUT2D eigenvalue weighted by atomic mass is 35.5. The van der Waals surface area contributed by atoms with Crippen LogP contribution < -0.4 is 5.56 Å². The second-order valence-electron chi connectivity index (χ2n) is 4.09. The summed E-state index contributed by atoms with van der Waals surface area (Å²) in [6, 6.07) is 1.36. The maximum atomic E-state index is 11.7. The second-order valence-corrected chi connectivity index (χ2v) is 4.48. The minimum Gasteiger partial charge on any atom is -0.292 e. The van der Waals surface area contributed by atoms with Gasteiger partial charge in [-0.05, 0) is 19.8 Å². The number of aromatic nitrogens is 2. The Labute approximate surface area is 93.4 Å². The molecule has 1 aromatic rings. The Morgan fingerprint density at radius 3 is 2.93 bits per heavy atom. The minimum absolute atomic E-state index is 0.0834. The van der Waals surface area contributed by atoms with Crippen molar-refractivity contribution < 1.29 is 0 Å². The Morgan fingerprint density at radius 2 is 2.40 bits per heavy atom. The third kappa shape index (κ3) is 2.29. The van der Waals surface area contributed by atoms with Gasteiger partial charge in [-0.15, -0.1) is 0 Å². The van der Waals surface area contributed by atoms with Crippen molar-refractivity contribution in [1.29, 1.82) is 0 Å². The summed E-state index contributed by atoms with van der Waals surface area (Å²) < 4.78 is 1.67. The van der Waals surface area contributed by atoms with Crippen molar-refractivity contribution in [2.45, 2.75) is 32.2 Å². The van der Waals surface area contributed by atoms with E-state index in [1.165, 1.54) is 6.07 Å². The monoisotopic (exact) mass is 224 g/mol. The average molecular weight is 225 g/mol. The lowest BCUT2D eigenvalue weighted by molar-refractivity contribution is 0.663. The van der Waals surface area contributed by atoms with E-state index in [1.807, 2.05) is 6.92 Å². The van der Waals surface area contributed by atoms with Gasteiger partial charge in [-0.1, -0.05) is 23.8 Å². The highest BCUT2D eigenvalue weighted by Crippen LogP contribution is 2.38. The molecule has 15 heavy (non-hydrogen) atoms. The molecule has 0 atom stereocenters. The Balaban J connectivity index is 2.48. The van der Waals surface area contributed by atoms with Gasteiger partial charge in [0.15, 0.2) is 0 Å². The molecule has 0 saturated heterocycles. The van der Waals surface area contributed by atoms with Crippen molar-refractivity contribution in [3.8, 4) is 0 Å². The number of hydrogen-bond acceptors (Lipinski definition) is 2. The Hall–Kier alpha value is -1.09. The molecule has 1 heterocycles. The largest absolute Gasteiger partial charge is 0.292 e. The summed E-state index contributed by atoms with van der Waals surface area (Å²) >= 11 is 5.78. The van der Waals surface area contributed by atoms with Gasteiger partial charge >= 0.3 is 0 Å². The molecule has 0 spiro atoms. The molecule has 1 aliphatic rings. The average Bonchev–Trinajstić information content (AvgIpc) is 2.91. The molecule has 1 fully saturated rings. The zero-order valence-electron chi connectivity index (χ0n) is 8.66. The van der Waals surface area contributed by atoms with Gasteiger partial charge in [0.25, 0.3) is 5.56 Å². The van der Waals surface area contributed by atoms with Crippen LogP contribution in [0.4, 0.5) is 0 Å². The van der Waals surface area contributed by atoms with E-state index in [2.05, 4.69) is 11.6 Å². The van der Waals surface area contributed by atoms with E-state index in [-0.39, 0.29) is 5.56 Å². The fourth-order valence-corrected chi connectivity index (χ4v) is 1.76. The van der Waals surface area contributed by atoms with Gasteiger partial charge in [-0.25, -0.2) is 4.98 Å². The first-order chi connectivity index (χ1) is 7.08. The molecule has 1 saturated carbocycles. The van der Waals surface area contributed by atoms with E-state index in [0.717, 1.165) is 24.2 Å². The molecule has 2 rings (SSSR count). The summed E-state index contributed by atoms with van der Waals surface area (Å²) in [6.07, 6.45) is 2.20. The summed E-state index contributed by atoms with van der Waals surface area (Å²) in [7, 11) is 0. The van der Waals surface area contributed by atoms with Crippen molar-refractivity contribution >= 4 is 11.6 Å². The van der Waals surface area contributed by atoms with Crippen LogP contribution in [0.15, 0.2) is 23.0 Å². The van der Waals surface area contributed by atoms with Crippen molar-refractivity contribution in [2.75, 3.05) is 0 Å². The molecule has 1 aliphatic carbocycles. The van der Waals surface area contributed by atoms with Crippen LogP contribution in [-0.2, 0) is 6.54 Å². The number of rotatable bonds is 3. The van der Waals surface area contributed by atoms with Gasteiger partial charge in [-0.2, -0.15) is 0 Å². The number of halogens is 1. The third-order valence-electron chi connectivity index (χ3n) is 2.38. The minimum atomic E-state index is -0.0834. The number of hydrogen-bond donors (Lipinski definition) is 0. The van der Waals surface area contributed by atoms with Crippen LogP contribution in [0.3, 0.4) is 0 Å². The predicted molar refractivity (Wildman–Crippen MR) is 60.3 cm³/mol. The van der Waals surface area contributed by atoms with Crippen LogP contribution in [0.1, 0.15) is 31.5 Å². The van der Waals surface area contributed by atoms with Crippen molar-refractivity contribution in [3.05, 3.63) is 39.5 Å². The predicted octanol–water partition coefficient (Wildman–Crippen LogP) is 2.35. The highest BCUT2D eigenvalue weighted by molar-refractivity contribution is 6.29. The standard InChI is InChI=1S/C11H13ClN2O/c1-7(2)6-14-10(15)5-9(12)13-11(14)8-3-4-8/h5,8H,1,3-4,6H2,2H3. The molecular formula is C11H13ClN2O. The fourth-order valence-electron chi connectivity index (χ4n) is 1.58. The van der Waals surface area contributed by atoms with E-state index in [0.29, 0.717) is 17.6 Å². The molecule has 0 amide bonds. The maximum absolute atomic E-state index is 11.7. The molecule has 0 bridgehead atoms. The summed E-state index contributed by atoms with van der Waals surface area (Å²) in [4.78, 5) is 16.0. The van der Waals surface area contributed by atoms with Crippen LogP contribution in [0, 0.1) is 0 Å². The van der Waals surface area contributed by atoms with Gasteiger partial charge in [-0.3, -0.25) is 9.36 Å². The van der Waals surface area contributed by atoms with E-state index in [1.54, 1.807) is 4.57 Å². The molecule has 0 aromatic carbocycles. The van der Waals surface area contributed by atoms with Gasteiger partial charge < -0.3 is 0 Å². The molecule has 0 radical (unpaired) electrons. The van der Waals surface area contributed by atoms with Crippen molar-refractivity contribution in [1.82, 2.24) is 9.55 Å². The lowest BCUT2D eigenvalue weighted by Crippen LogP contribution is -2.24. The SMILES string of the molecule is C=C(C)Cn1c(C2CC2)nc(Cl)cc1=O. The second kappa shape index (κ2) is 3.81. The topological polar surface area (TPSA) is 34.9 Å². The van der Waals surface area contributed by atoms with Crippen LogP contribution in [0.25, 0.3) is 0 Å². The summed E-state index contributed by atoms with van der Waals surface area (Å²) in [5.74, 6) is 1.23. The summed E-state index contributed by atoms with van der Waals surface area (Å²) in [5.41, 5.74) is 0.864. The first-order valence-corrected chi connectivity index (χ1v) is 5.37. The van der Waals surface area contributed by atoms with Gasteiger partial charge in [0.2, 0.25) is 0 Å². The quantitative estimate of drug-likeness (QED) is 0.584. The number of allylic oxidation sites excluding steroid dienone is 1. The Kier molecular flexibility index (Phi) is 2.65. The molecule has 0 unspecified atom stereocenters. The molecule has 1 aromatic heterocycles. The molecule has 4 heteroatoms. The summed E-state index contributed by atoms with van der Waals surface area (Å²) in [5, 5.41) is 0.292. The smallest absolute Gasteiger partial charge is 0.255 e. The zero-order valence-corrected chi connectivity index (χ0v) is 9.42. The third-order valence-corrected chi connectivity index (χ3v) is 2.57. The van der Waals surface area contributed by atoms with Gasteiger partial charge in [0.1, 0.15) is 11.0 Å². The van der Waals surface area contributed by atoms with Crippen LogP contribution >= 0.6 is 11.6 Å². The zero-order chi connectivity index (χ0) is 11.0. The molecule has 0 N–H and O–H groups in total. The van der Waals surface area contributed by atoms with Crippen LogP contribution in [-0.4, -0.2) is 9.55 Å². The van der Waals surface area contributed by atoms with E-state index in [9.17, 15) is 4.79 Å². The van der Waals surface area contributed by atoms with Crippen molar-refractivity contribution in [2.24, 2.45) is 0 Å². The van der Waals surface area contributed by atoms with Crippen LogP contribution in [0.2, 0.25) is 5.15 Å². The van der Waals surface area contributed by atoms with Crippen molar-refractivity contribution in [3.63, 3.8) is 0 Å².